The number of likely N-dealkylation sites (tertiary alicyclic amines) is 1. The molecule has 5 nitrogen and oxygen atoms in total. The van der Waals surface area contributed by atoms with Crippen molar-refractivity contribution in [3.8, 4) is 0 Å². The molecule has 1 aliphatic heterocycles. The monoisotopic (exact) mass is 242 g/mol. The first-order valence-corrected chi connectivity index (χ1v) is 6.43. The largest absolute Gasteiger partial charge is 0.383 e. The first-order valence-electron chi connectivity index (χ1n) is 6.43. The van der Waals surface area contributed by atoms with Crippen molar-refractivity contribution in [2.24, 2.45) is 10.7 Å². The molecule has 5 heteroatoms. The van der Waals surface area contributed by atoms with Crippen molar-refractivity contribution in [1.29, 1.82) is 0 Å². The Labute approximate surface area is 104 Å². The molecule has 1 rings (SSSR count). The van der Waals surface area contributed by atoms with Gasteiger partial charge in [-0.15, -0.1) is 0 Å². The number of guanidine groups is 1. The van der Waals surface area contributed by atoms with Crippen molar-refractivity contribution in [2.45, 2.75) is 38.8 Å². The Kier molecular flexibility index (Phi) is 6.29. The van der Waals surface area contributed by atoms with E-state index in [2.05, 4.69) is 29.1 Å². The zero-order valence-corrected chi connectivity index (χ0v) is 11.3. The van der Waals surface area contributed by atoms with Gasteiger partial charge in [0.1, 0.15) is 0 Å². The molecule has 1 unspecified atom stereocenters. The summed E-state index contributed by atoms with van der Waals surface area (Å²) in [5.41, 5.74) is 5.79. The molecule has 1 atom stereocenters. The maximum absolute atomic E-state index is 5.79. The van der Waals surface area contributed by atoms with Crippen molar-refractivity contribution < 1.29 is 4.74 Å². The van der Waals surface area contributed by atoms with Crippen LogP contribution in [0.2, 0.25) is 0 Å². The molecule has 3 N–H and O–H groups in total. The van der Waals surface area contributed by atoms with Gasteiger partial charge in [0.15, 0.2) is 5.96 Å². The summed E-state index contributed by atoms with van der Waals surface area (Å²) < 4.78 is 5.12. The first-order chi connectivity index (χ1) is 8.13. The standard InChI is InChI=1S/C12H26N4O/c1-10(2)15-12(13)14-9-11-5-4-6-16(11)7-8-17-3/h10-11H,4-9H2,1-3H3,(H3,13,14,15). The van der Waals surface area contributed by atoms with Crippen LogP contribution in [0.25, 0.3) is 0 Å². The average Bonchev–Trinajstić information content (AvgIpc) is 2.70. The van der Waals surface area contributed by atoms with Gasteiger partial charge in [0, 0.05) is 25.7 Å². The van der Waals surface area contributed by atoms with Gasteiger partial charge in [-0.2, -0.15) is 0 Å². The smallest absolute Gasteiger partial charge is 0.188 e. The molecule has 0 amide bonds. The van der Waals surface area contributed by atoms with Crippen molar-refractivity contribution in [3.63, 3.8) is 0 Å². The number of nitrogens with zero attached hydrogens (tertiary/aromatic N) is 2. The molecule has 1 aliphatic rings. The SMILES string of the molecule is COCCN1CCCC1CN=C(N)NC(C)C. The molecule has 1 fully saturated rings. The van der Waals surface area contributed by atoms with Crippen LogP contribution in [0.4, 0.5) is 0 Å². The minimum absolute atomic E-state index is 0.340. The van der Waals surface area contributed by atoms with E-state index in [1.54, 1.807) is 7.11 Å². The molecule has 1 saturated heterocycles. The van der Waals surface area contributed by atoms with Crippen molar-refractivity contribution in [2.75, 3.05) is 33.4 Å². The van der Waals surface area contributed by atoms with Gasteiger partial charge in [-0.25, -0.2) is 0 Å². The Bertz CT molecular complexity index is 243. The lowest BCUT2D eigenvalue weighted by Gasteiger charge is -2.22. The van der Waals surface area contributed by atoms with Crippen LogP contribution < -0.4 is 11.1 Å². The zero-order valence-electron chi connectivity index (χ0n) is 11.3. The van der Waals surface area contributed by atoms with Crippen LogP contribution in [0.3, 0.4) is 0 Å². The molecule has 0 spiro atoms. The van der Waals surface area contributed by atoms with Crippen molar-refractivity contribution in [1.82, 2.24) is 10.2 Å². The highest BCUT2D eigenvalue weighted by Gasteiger charge is 2.23. The molecule has 100 valence electrons. The fourth-order valence-corrected chi connectivity index (χ4v) is 2.15. The van der Waals surface area contributed by atoms with E-state index in [0.29, 0.717) is 18.0 Å². The summed E-state index contributed by atoms with van der Waals surface area (Å²) in [6.45, 7) is 7.84. The molecule has 0 saturated carbocycles. The van der Waals surface area contributed by atoms with Gasteiger partial charge in [0.05, 0.1) is 13.2 Å². The summed E-state index contributed by atoms with van der Waals surface area (Å²) in [5, 5.41) is 3.11. The average molecular weight is 242 g/mol. The van der Waals surface area contributed by atoms with E-state index in [1.165, 1.54) is 12.8 Å². The number of rotatable bonds is 6. The summed E-state index contributed by atoms with van der Waals surface area (Å²) in [4.78, 5) is 6.85. The highest BCUT2D eigenvalue weighted by Crippen LogP contribution is 2.16. The molecule has 0 aliphatic carbocycles. The highest BCUT2D eigenvalue weighted by atomic mass is 16.5. The highest BCUT2D eigenvalue weighted by molar-refractivity contribution is 5.78. The van der Waals surface area contributed by atoms with Crippen LogP contribution in [0.15, 0.2) is 4.99 Å². The number of hydrogen-bond acceptors (Lipinski definition) is 3. The van der Waals surface area contributed by atoms with Crippen LogP contribution in [0.1, 0.15) is 26.7 Å². The Morgan fingerprint density at radius 2 is 2.35 bits per heavy atom. The van der Waals surface area contributed by atoms with Gasteiger partial charge < -0.3 is 15.8 Å². The fraction of sp³-hybridized carbons (Fsp3) is 0.917. The number of aliphatic imine (C=N–C) groups is 1. The van der Waals surface area contributed by atoms with Gasteiger partial charge in [-0.3, -0.25) is 9.89 Å². The van der Waals surface area contributed by atoms with Crippen LogP contribution >= 0.6 is 0 Å². The quantitative estimate of drug-likeness (QED) is 0.523. The summed E-state index contributed by atoms with van der Waals surface area (Å²) >= 11 is 0. The molecular weight excluding hydrogens is 216 g/mol. The Balaban J connectivity index is 2.34. The summed E-state index contributed by atoms with van der Waals surface area (Å²) in [6.07, 6.45) is 2.46. The maximum atomic E-state index is 5.79. The Hall–Kier alpha value is -0.810. The minimum atomic E-state index is 0.340. The lowest BCUT2D eigenvalue weighted by molar-refractivity contribution is 0.143. The second-order valence-corrected chi connectivity index (χ2v) is 4.85. The second-order valence-electron chi connectivity index (χ2n) is 4.85. The topological polar surface area (TPSA) is 62.9 Å². The fourth-order valence-electron chi connectivity index (χ4n) is 2.15. The number of ether oxygens (including phenoxy) is 1. The van der Waals surface area contributed by atoms with Crippen LogP contribution in [-0.4, -0.2) is 56.3 Å². The minimum Gasteiger partial charge on any atom is -0.383 e. The molecule has 0 aromatic carbocycles. The van der Waals surface area contributed by atoms with E-state index in [4.69, 9.17) is 10.5 Å². The Morgan fingerprint density at radius 1 is 1.59 bits per heavy atom. The van der Waals surface area contributed by atoms with Crippen LogP contribution in [0, 0.1) is 0 Å². The Morgan fingerprint density at radius 3 is 3.00 bits per heavy atom. The third-order valence-corrected chi connectivity index (χ3v) is 2.99. The number of methoxy groups -OCH3 is 1. The van der Waals surface area contributed by atoms with Crippen molar-refractivity contribution in [3.05, 3.63) is 0 Å². The number of nitrogens with two attached hydrogens (primary N) is 1. The molecule has 0 aromatic heterocycles. The van der Waals surface area contributed by atoms with Gasteiger partial charge in [0.2, 0.25) is 0 Å². The van der Waals surface area contributed by atoms with E-state index < -0.39 is 0 Å². The van der Waals surface area contributed by atoms with Gasteiger partial charge in [0.25, 0.3) is 0 Å². The summed E-state index contributed by atoms with van der Waals surface area (Å²) in [5.74, 6) is 0.554. The van der Waals surface area contributed by atoms with Gasteiger partial charge in [-0.05, 0) is 33.2 Å². The maximum Gasteiger partial charge on any atom is 0.188 e. The van der Waals surface area contributed by atoms with Crippen molar-refractivity contribution >= 4 is 5.96 Å². The van der Waals surface area contributed by atoms with Gasteiger partial charge >= 0.3 is 0 Å². The predicted octanol–water partition coefficient (Wildman–Crippen LogP) is 0.410. The van der Waals surface area contributed by atoms with Crippen LogP contribution in [-0.2, 0) is 4.74 Å². The molecule has 0 radical (unpaired) electrons. The molecule has 1 heterocycles. The predicted molar refractivity (Wildman–Crippen MR) is 71.2 cm³/mol. The molecule has 0 bridgehead atoms. The lowest BCUT2D eigenvalue weighted by Crippen LogP contribution is -2.39. The summed E-state index contributed by atoms with van der Waals surface area (Å²) in [7, 11) is 1.74. The molecule has 17 heavy (non-hydrogen) atoms. The third-order valence-electron chi connectivity index (χ3n) is 2.99. The van der Waals surface area contributed by atoms with E-state index in [0.717, 1.165) is 26.2 Å². The van der Waals surface area contributed by atoms with E-state index in [1.807, 2.05) is 0 Å². The molecular formula is C12H26N4O. The van der Waals surface area contributed by atoms with E-state index >= 15 is 0 Å². The third kappa shape index (κ3) is 5.37. The zero-order chi connectivity index (χ0) is 12.7. The lowest BCUT2D eigenvalue weighted by atomic mass is 10.2. The molecule has 0 aromatic rings. The van der Waals surface area contributed by atoms with E-state index in [9.17, 15) is 0 Å². The number of nitrogens with one attached hydrogen (secondary N) is 1. The van der Waals surface area contributed by atoms with Gasteiger partial charge in [-0.1, -0.05) is 0 Å². The normalized spacial score (nSPS) is 22.4. The first kappa shape index (κ1) is 14.3. The number of hydrogen-bond donors (Lipinski definition) is 2. The second kappa shape index (κ2) is 7.50. The van der Waals surface area contributed by atoms with E-state index in [-0.39, 0.29) is 0 Å². The summed E-state index contributed by atoms with van der Waals surface area (Å²) in [6, 6.07) is 0.865. The van der Waals surface area contributed by atoms with Crippen LogP contribution in [0.5, 0.6) is 0 Å².